The number of nitrogens with zero attached hydrogens (tertiary/aromatic N) is 3. The molecule has 0 radical (unpaired) electrons. The Labute approximate surface area is 141 Å². The van der Waals surface area contributed by atoms with Crippen LogP contribution in [0.25, 0.3) is 0 Å². The van der Waals surface area contributed by atoms with Crippen LogP contribution in [0.3, 0.4) is 0 Å². The highest BCUT2D eigenvalue weighted by Gasteiger charge is 2.28. The molecule has 0 saturated carbocycles. The van der Waals surface area contributed by atoms with E-state index in [1.165, 1.54) is 0 Å². The van der Waals surface area contributed by atoms with Crippen LogP contribution in [0.2, 0.25) is 0 Å². The van der Waals surface area contributed by atoms with E-state index in [4.69, 9.17) is 4.84 Å². The highest BCUT2D eigenvalue weighted by atomic mass is 16.7. The molecule has 0 fully saturated rings. The second-order valence-electron chi connectivity index (χ2n) is 5.33. The van der Waals surface area contributed by atoms with Crippen molar-refractivity contribution in [2.45, 2.75) is 13.8 Å². The Hall–Kier alpha value is -2.95. The zero-order chi connectivity index (χ0) is 16.9. The summed E-state index contributed by atoms with van der Waals surface area (Å²) in [6.45, 7) is 6.13. The van der Waals surface area contributed by atoms with Gasteiger partial charge in [-0.05, 0) is 38.1 Å². The number of hydrogen-bond donors (Lipinski definition) is 0. The standard InChI is InChI=1S/C19H19N3O2/c1-3-22(4-2)16-12-10-15(11-13-16)20-18-17(21-24-19(18)23)14-8-6-5-7-9-14/h5-13H,3-4H2,1-2H3. The summed E-state index contributed by atoms with van der Waals surface area (Å²) in [6.07, 6.45) is 0. The molecule has 2 aromatic carbocycles. The van der Waals surface area contributed by atoms with Crippen LogP contribution < -0.4 is 4.90 Å². The number of rotatable bonds is 5. The molecule has 5 nitrogen and oxygen atoms in total. The molecule has 0 spiro atoms. The van der Waals surface area contributed by atoms with Crippen LogP contribution in [0.15, 0.2) is 64.7 Å². The molecule has 0 N–H and O–H groups in total. The molecule has 0 atom stereocenters. The zero-order valence-corrected chi connectivity index (χ0v) is 13.8. The predicted octanol–water partition coefficient (Wildman–Crippen LogP) is 3.57. The molecule has 1 aliphatic rings. The van der Waals surface area contributed by atoms with Gasteiger partial charge in [0.2, 0.25) is 0 Å². The van der Waals surface area contributed by atoms with Gasteiger partial charge in [0, 0.05) is 24.3 Å². The van der Waals surface area contributed by atoms with E-state index < -0.39 is 5.97 Å². The van der Waals surface area contributed by atoms with Crippen LogP contribution in [-0.4, -0.2) is 30.5 Å². The third kappa shape index (κ3) is 3.20. The van der Waals surface area contributed by atoms with E-state index in [-0.39, 0.29) is 5.71 Å². The first-order chi connectivity index (χ1) is 11.7. The average Bonchev–Trinajstić information content (AvgIpc) is 2.99. The first kappa shape index (κ1) is 15.9. The minimum atomic E-state index is -0.526. The van der Waals surface area contributed by atoms with Gasteiger partial charge in [-0.15, -0.1) is 0 Å². The van der Waals surface area contributed by atoms with Gasteiger partial charge in [-0.25, -0.2) is 9.79 Å². The van der Waals surface area contributed by atoms with E-state index in [9.17, 15) is 4.79 Å². The molecule has 0 unspecified atom stereocenters. The van der Waals surface area contributed by atoms with E-state index in [1.807, 2.05) is 54.6 Å². The van der Waals surface area contributed by atoms with E-state index in [0.29, 0.717) is 11.4 Å². The molecule has 0 amide bonds. The molecule has 3 rings (SSSR count). The smallest absolute Gasteiger partial charge is 0.372 e. The molecule has 24 heavy (non-hydrogen) atoms. The molecule has 5 heteroatoms. The third-order valence-corrected chi connectivity index (χ3v) is 3.90. The Kier molecular flexibility index (Phi) is 4.70. The van der Waals surface area contributed by atoms with Gasteiger partial charge < -0.3 is 9.74 Å². The quantitative estimate of drug-likeness (QED) is 0.791. The van der Waals surface area contributed by atoms with Gasteiger partial charge in [-0.1, -0.05) is 35.5 Å². The van der Waals surface area contributed by atoms with Crippen LogP contribution in [-0.2, 0) is 9.63 Å². The van der Waals surface area contributed by atoms with Gasteiger partial charge in [0.05, 0.1) is 5.69 Å². The lowest BCUT2D eigenvalue weighted by atomic mass is 10.1. The summed E-state index contributed by atoms with van der Waals surface area (Å²) in [4.78, 5) is 23.5. The Morgan fingerprint density at radius 2 is 1.67 bits per heavy atom. The second kappa shape index (κ2) is 7.08. The summed E-state index contributed by atoms with van der Waals surface area (Å²) in [5.41, 5.74) is 3.34. The molecule has 1 aliphatic heterocycles. The van der Waals surface area contributed by atoms with Gasteiger partial charge in [0.1, 0.15) is 5.71 Å². The number of hydrogen-bond acceptors (Lipinski definition) is 5. The van der Waals surface area contributed by atoms with Gasteiger partial charge in [0.25, 0.3) is 0 Å². The summed E-state index contributed by atoms with van der Waals surface area (Å²) in [5.74, 6) is -0.526. The summed E-state index contributed by atoms with van der Waals surface area (Å²) in [7, 11) is 0. The molecule has 122 valence electrons. The lowest BCUT2D eigenvalue weighted by molar-refractivity contribution is -0.134. The molecule has 2 aromatic rings. The fourth-order valence-electron chi connectivity index (χ4n) is 2.61. The van der Waals surface area contributed by atoms with Crippen molar-refractivity contribution in [3.8, 4) is 0 Å². The number of anilines is 1. The first-order valence-electron chi connectivity index (χ1n) is 8.01. The zero-order valence-electron chi connectivity index (χ0n) is 13.8. The molecule has 0 saturated heterocycles. The fraction of sp³-hybridized carbons (Fsp3) is 0.211. The molecular weight excluding hydrogens is 302 g/mol. The van der Waals surface area contributed by atoms with Crippen molar-refractivity contribution in [1.29, 1.82) is 0 Å². The number of oxime groups is 1. The van der Waals surface area contributed by atoms with Gasteiger partial charge >= 0.3 is 5.97 Å². The predicted molar refractivity (Wildman–Crippen MR) is 96.2 cm³/mol. The fourth-order valence-corrected chi connectivity index (χ4v) is 2.61. The maximum atomic E-state index is 12.0. The maximum Gasteiger partial charge on any atom is 0.386 e. The van der Waals surface area contributed by atoms with Crippen molar-refractivity contribution in [3.63, 3.8) is 0 Å². The van der Waals surface area contributed by atoms with Crippen molar-refractivity contribution >= 4 is 28.8 Å². The minimum Gasteiger partial charge on any atom is -0.372 e. The van der Waals surface area contributed by atoms with Crippen molar-refractivity contribution in [2.75, 3.05) is 18.0 Å². The maximum absolute atomic E-state index is 12.0. The lowest BCUT2D eigenvalue weighted by Crippen LogP contribution is -2.21. The van der Waals surface area contributed by atoms with Crippen LogP contribution in [0, 0.1) is 0 Å². The van der Waals surface area contributed by atoms with Crippen molar-refractivity contribution in [3.05, 3.63) is 60.2 Å². The summed E-state index contributed by atoms with van der Waals surface area (Å²) >= 11 is 0. The van der Waals surface area contributed by atoms with E-state index in [2.05, 4.69) is 28.9 Å². The highest BCUT2D eigenvalue weighted by molar-refractivity contribution is 6.70. The third-order valence-electron chi connectivity index (χ3n) is 3.90. The average molecular weight is 321 g/mol. The first-order valence-corrected chi connectivity index (χ1v) is 8.01. The number of carbonyl (C=O) groups excluding carboxylic acids is 1. The van der Waals surface area contributed by atoms with E-state index in [1.54, 1.807) is 0 Å². The van der Waals surface area contributed by atoms with Gasteiger partial charge in [-0.3, -0.25) is 0 Å². The Morgan fingerprint density at radius 1 is 1.00 bits per heavy atom. The molecule has 0 bridgehead atoms. The van der Waals surface area contributed by atoms with Gasteiger partial charge in [-0.2, -0.15) is 0 Å². The van der Waals surface area contributed by atoms with Crippen molar-refractivity contribution in [1.82, 2.24) is 0 Å². The number of aliphatic imine (C=N–C) groups is 1. The van der Waals surface area contributed by atoms with E-state index >= 15 is 0 Å². The topological polar surface area (TPSA) is 54.3 Å². The highest BCUT2D eigenvalue weighted by Crippen LogP contribution is 2.21. The largest absolute Gasteiger partial charge is 0.386 e. The molecule has 1 heterocycles. The summed E-state index contributed by atoms with van der Waals surface area (Å²) in [5, 5.41) is 3.86. The summed E-state index contributed by atoms with van der Waals surface area (Å²) in [6, 6.07) is 17.2. The molecular formula is C19H19N3O2. The molecule has 0 aromatic heterocycles. The van der Waals surface area contributed by atoms with Crippen LogP contribution >= 0.6 is 0 Å². The normalized spacial score (nSPS) is 15.3. The monoisotopic (exact) mass is 321 g/mol. The SMILES string of the molecule is CCN(CC)c1ccc(N=C2C(=O)ON=C2c2ccccc2)cc1. The molecule has 0 aliphatic carbocycles. The van der Waals surface area contributed by atoms with Crippen molar-refractivity contribution in [2.24, 2.45) is 10.1 Å². The lowest BCUT2D eigenvalue weighted by Gasteiger charge is -2.20. The number of benzene rings is 2. The Balaban J connectivity index is 1.89. The van der Waals surface area contributed by atoms with Crippen LogP contribution in [0.1, 0.15) is 19.4 Å². The Morgan fingerprint density at radius 3 is 2.29 bits per heavy atom. The van der Waals surface area contributed by atoms with Crippen LogP contribution in [0.5, 0.6) is 0 Å². The second-order valence-corrected chi connectivity index (χ2v) is 5.33. The number of carbonyl (C=O) groups is 1. The minimum absolute atomic E-state index is 0.233. The van der Waals surface area contributed by atoms with Crippen molar-refractivity contribution < 1.29 is 9.63 Å². The summed E-state index contributed by atoms with van der Waals surface area (Å²) < 4.78 is 0. The Bertz CT molecular complexity index is 776. The van der Waals surface area contributed by atoms with Crippen LogP contribution in [0.4, 0.5) is 11.4 Å². The van der Waals surface area contributed by atoms with E-state index in [0.717, 1.165) is 24.3 Å². The van der Waals surface area contributed by atoms with Gasteiger partial charge in [0.15, 0.2) is 5.71 Å².